The zero-order valence-electron chi connectivity index (χ0n) is 13.1. The number of hydrogen-bond acceptors (Lipinski definition) is 4. The van der Waals surface area contributed by atoms with Gasteiger partial charge in [0.1, 0.15) is 6.61 Å². The Bertz CT molecular complexity index is 775. The minimum atomic E-state index is -0.121. The lowest BCUT2D eigenvalue weighted by Gasteiger charge is -2.07. The molecular weight excluding hydrogens is 302 g/mol. The predicted molar refractivity (Wildman–Crippen MR) is 91.7 cm³/mol. The first kappa shape index (κ1) is 15.7. The van der Waals surface area contributed by atoms with Crippen LogP contribution in [-0.2, 0) is 0 Å². The summed E-state index contributed by atoms with van der Waals surface area (Å²) in [6.45, 7) is 0.730. The van der Waals surface area contributed by atoms with Gasteiger partial charge >= 0.3 is 0 Å². The molecule has 0 saturated heterocycles. The molecule has 0 aliphatic heterocycles. The molecule has 3 aromatic rings. The van der Waals surface area contributed by atoms with Crippen LogP contribution in [0.2, 0.25) is 0 Å². The lowest BCUT2D eigenvalue weighted by atomic mass is 10.1. The quantitative estimate of drug-likeness (QED) is 0.710. The van der Waals surface area contributed by atoms with E-state index in [4.69, 9.17) is 4.74 Å². The first-order valence-corrected chi connectivity index (χ1v) is 7.68. The van der Waals surface area contributed by atoms with Gasteiger partial charge in [0.15, 0.2) is 0 Å². The van der Waals surface area contributed by atoms with Crippen molar-refractivity contribution < 1.29 is 9.53 Å². The second-order valence-corrected chi connectivity index (χ2v) is 5.09. The molecule has 1 amide bonds. The minimum absolute atomic E-state index is 0.121. The highest BCUT2D eigenvalue weighted by Crippen LogP contribution is 2.16. The highest BCUT2D eigenvalue weighted by Gasteiger charge is 2.04. The number of nitrogens with zero attached hydrogens (tertiary/aromatic N) is 2. The fourth-order valence-electron chi connectivity index (χ4n) is 2.17. The van der Waals surface area contributed by atoms with Gasteiger partial charge in [0.2, 0.25) is 5.88 Å². The van der Waals surface area contributed by atoms with Gasteiger partial charge in [-0.15, -0.1) is 10.2 Å². The van der Waals surface area contributed by atoms with E-state index in [9.17, 15) is 4.79 Å². The first-order valence-electron chi connectivity index (χ1n) is 7.68. The molecule has 1 aromatic heterocycles. The van der Waals surface area contributed by atoms with Crippen LogP contribution in [0.1, 0.15) is 10.4 Å². The normalized spacial score (nSPS) is 10.2. The van der Waals surface area contributed by atoms with Crippen LogP contribution in [0.15, 0.2) is 72.8 Å². The van der Waals surface area contributed by atoms with Crippen LogP contribution in [0.25, 0.3) is 11.3 Å². The van der Waals surface area contributed by atoms with Crippen molar-refractivity contribution in [2.75, 3.05) is 13.2 Å². The Morgan fingerprint density at radius 2 is 1.58 bits per heavy atom. The van der Waals surface area contributed by atoms with Crippen LogP contribution in [-0.4, -0.2) is 29.3 Å². The van der Waals surface area contributed by atoms with E-state index in [2.05, 4.69) is 15.5 Å². The first-order chi connectivity index (χ1) is 11.8. The number of hydrogen-bond donors (Lipinski definition) is 1. The number of amides is 1. The molecule has 24 heavy (non-hydrogen) atoms. The fraction of sp³-hybridized carbons (Fsp3) is 0.105. The van der Waals surface area contributed by atoms with Gasteiger partial charge in [0, 0.05) is 17.2 Å². The Morgan fingerprint density at radius 3 is 2.25 bits per heavy atom. The van der Waals surface area contributed by atoms with E-state index in [1.165, 1.54) is 0 Å². The molecule has 120 valence electrons. The van der Waals surface area contributed by atoms with Crippen molar-refractivity contribution in [1.29, 1.82) is 0 Å². The molecule has 0 atom stereocenters. The number of nitrogens with one attached hydrogen (secondary N) is 1. The lowest BCUT2D eigenvalue weighted by Crippen LogP contribution is -2.28. The Labute approximate surface area is 140 Å². The van der Waals surface area contributed by atoms with Crippen LogP contribution in [0, 0.1) is 0 Å². The van der Waals surface area contributed by atoms with Gasteiger partial charge in [0.25, 0.3) is 5.91 Å². The molecular formula is C19H17N3O2. The number of carbonyl (C=O) groups excluding carboxylic acids is 1. The summed E-state index contributed by atoms with van der Waals surface area (Å²) in [6.07, 6.45) is 0. The highest BCUT2D eigenvalue weighted by atomic mass is 16.5. The van der Waals surface area contributed by atoms with Crippen LogP contribution in [0.4, 0.5) is 0 Å². The topological polar surface area (TPSA) is 64.1 Å². The molecule has 5 heteroatoms. The van der Waals surface area contributed by atoms with Gasteiger partial charge in [-0.25, -0.2) is 0 Å². The molecule has 1 N–H and O–H groups in total. The third-order valence-electron chi connectivity index (χ3n) is 3.38. The van der Waals surface area contributed by atoms with Crippen molar-refractivity contribution >= 4 is 5.91 Å². The second kappa shape index (κ2) is 7.87. The van der Waals surface area contributed by atoms with E-state index in [0.29, 0.717) is 24.6 Å². The molecule has 0 fully saturated rings. The summed E-state index contributed by atoms with van der Waals surface area (Å²) in [5, 5.41) is 11.0. The summed E-state index contributed by atoms with van der Waals surface area (Å²) < 4.78 is 5.49. The van der Waals surface area contributed by atoms with Crippen molar-refractivity contribution in [2.45, 2.75) is 0 Å². The van der Waals surface area contributed by atoms with Gasteiger partial charge < -0.3 is 10.1 Å². The third kappa shape index (κ3) is 4.16. The van der Waals surface area contributed by atoms with Crippen LogP contribution >= 0.6 is 0 Å². The molecule has 3 rings (SSSR count). The van der Waals surface area contributed by atoms with Gasteiger partial charge in [-0.05, 0) is 18.2 Å². The number of carbonyl (C=O) groups is 1. The number of benzene rings is 2. The van der Waals surface area contributed by atoms with Gasteiger partial charge in [-0.1, -0.05) is 48.5 Å². The summed E-state index contributed by atoms with van der Waals surface area (Å²) in [4.78, 5) is 11.9. The van der Waals surface area contributed by atoms with Gasteiger partial charge in [0.05, 0.1) is 12.2 Å². The summed E-state index contributed by atoms with van der Waals surface area (Å²) in [5.41, 5.74) is 2.43. The molecule has 2 aromatic carbocycles. The highest BCUT2D eigenvalue weighted by molar-refractivity contribution is 5.94. The lowest BCUT2D eigenvalue weighted by molar-refractivity contribution is 0.0946. The van der Waals surface area contributed by atoms with Crippen molar-refractivity contribution in [3.8, 4) is 17.1 Å². The zero-order valence-corrected chi connectivity index (χ0v) is 13.1. The maximum Gasteiger partial charge on any atom is 0.251 e. The summed E-state index contributed by atoms with van der Waals surface area (Å²) in [5.74, 6) is 0.313. The van der Waals surface area contributed by atoms with E-state index >= 15 is 0 Å². The van der Waals surface area contributed by atoms with Gasteiger partial charge in [-0.2, -0.15) is 0 Å². The molecule has 5 nitrogen and oxygen atoms in total. The predicted octanol–water partition coefficient (Wildman–Crippen LogP) is 2.95. The Morgan fingerprint density at radius 1 is 0.875 bits per heavy atom. The van der Waals surface area contributed by atoms with Crippen LogP contribution in [0.3, 0.4) is 0 Å². The average molecular weight is 319 g/mol. The van der Waals surface area contributed by atoms with E-state index in [-0.39, 0.29) is 5.91 Å². The van der Waals surface area contributed by atoms with E-state index in [1.807, 2.05) is 54.6 Å². The smallest absolute Gasteiger partial charge is 0.251 e. The molecule has 0 radical (unpaired) electrons. The van der Waals surface area contributed by atoms with Crippen molar-refractivity contribution in [1.82, 2.24) is 15.5 Å². The number of aromatic nitrogens is 2. The average Bonchev–Trinajstić information content (AvgIpc) is 2.67. The Balaban J connectivity index is 1.46. The van der Waals surface area contributed by atoms with Crippen LogP contribution < -0.4 is 10.1 Å². The number of rotatable bonds is 6. The Kier molecular flexibility index (Phi) is 5.14. The van der Waals surface area contributed by atoms with E-state index < -0.39 is 0 Å². The fourth-order valence-corrected chi connectivity index (χ4v) is 2.17. The van der Waals surface area contributed by atoms with Crippen molar-refractivity contribution in [3.05, 3.63) is 78.4 Å². The molecule has 0 bridgehead atoms. The Hall–Kier alpha value is -3.21. The summed E-state index contributed by atoms with van der Waals surface area (Å²) in [7, 11) is 0. The van der Waals surface area contributed by atoms with Gasteiger partial charge in [-0.3, -0.25) is 4.79 Å². The SMILES string of the molecule is O=C(NCCOc1ccc(-c2ccccc2)nn1)c1ccccc1. The van der Waals surface area contributed by atoms with Crippen LogP contribution in [0.5, 0.6) is 5.88 Å². The molecule has 0 aliphatic rings. The standard InChI is InChI=1S/C19H17N3O2/c23-19(16-9-5-2-6-10-16)20-13-14-24-18-12-11-17(21-22-18)15-7-3-1-4-8-15/h1-12H,13-14H2,(H,20,23). The maximum absolute atomic E-state index is 11.9. The van der Waals surface area contributed by atoms with Crippen molar-refractivity contribution in [2.24, 2.45) is 0 Å². The molecule has 0 spiro atoms. The minimum Gasteiger partial charge on any atom is -0.475 e. The van der Waals surface area contributed by atoms with E-state index in [0.717, 1.165) is 11.3 Å². The number of ether oxygens (including phenoxy) is 1. The third-order valence-corrected chi connectivity index (χ3v) is 3.38. The molecule has 0 aliphatic carbocycles. The largest absolute Gasteiger partial charge is 0.475 e. The molecule has 0 unspecified atom stereocenters. The molecule has 1 heterocycles. The van der Waals surface area contributed by atoms with Crippen molar-refractivity contribution in [3.63, 3.8) is 0 Å². The summed E-state index contributed by atoms with van der Waals surface area (Å²) >= 11 is 0. The van der Waals surface area contributed by atoms with E-state index in [1.54, 1.807) is 18.2 Å². The maximum atomic E-state index is 11.9. The zero-order chi connectivity index (χ0) is 16.6. The molecule has 0 saturated carbocycles. The summed E-state index contributed by atoms with van der Waals surface area (Å²) in [6, 6.07) is 22.5. The second-order valence-electron chi connectivity index (χ2n) is 5.09. The monoisotopic (exact) mass is 319 g/mol.